The predicted octanol–water partition coefficient (Wildman–Crippen LogP) is 5.15. The lowest BCUT2D eigenvalue weighted by molar-refractivity contribution is -0.138. The number of ether oxygens (including phenoxy) is 1. The van der Waals surface area contributed by atoms with Crippen LogP contribution in [0.1, 0.15) is 57.7 Å². The van der Waals surface area contributed by atoms with E-state index in [1.165, 1.54) is 0 Å². The van der Waals surface area contributed by atoms with Crippen molar-refractivity contribution in [3.63, 3.8) is 0 Å². The topological polar surface area (TPSA) is 87.7 Å². The van der Waals surface area contributed by atoms with Crippen molar-refractivity contribution >= 4 is 23.6 Å². The normalized spacial score (nSPS) is 16.8. The molecule has 0 unspecified atom stereocenters. The van der Waals surface area contributed by atoms with Gasteiger partial charge in [0.2, 0.25) is 11.8 Å². The van der Waals surface area contributed by atoms with E-state index in [0.717, 1.165) is 23.4 Å². The van der Waals surface area contributed by atoms with E-state index in [-0.39, 0.29) is 18.4 Å². The van der Waals surface area contributed by atoms with Crippen molar-refractivity contribution < 1.29 is 36.7 Å². The number of halogens is 4. The van der Waals surface area contributed by atoms with Crippen molar-refractivity contribution in [1.82, 2.24) is 10.6 Å². The second kappa shape index (κ2) is 11.6. The lowest BCUT2D eigenvalue weighted by atomic mass is 9.98. The predicted molar refractivity (Wildman–Crippen MR) is 138 cm³/mol. The molecule has 0 aromatic heterocycles. The molecule has 0 aliphatic carbocycles. The van der Waals surface area contributed by atoms with E-state index in [2.05, 4.69) is 10.6 Å². The summed E-state index contributed by atoms with van der Waals surface area (Å²) in [6.45, 7) is 8.43. The Morgan fingerprint density at radius 1 is 1.10 bits per heavy atom. The van der Waals surface area contributed by atoms with Gasteiger partial charge in [0.25, 0.3) is 0 Å². The Hall–Kier alpha value is -3.63. The molecule has 2 atom stereocenters. The van der Waals surface area contributed by atoms with Crippen molar-refractivity contribution in [1.29, 1.82) is 0 Å². The molecule has 0 fully saturated rings. The van der Waals surface area contributed by atoms with E-state index in [4.69, 9.17) is 4.74 Å². The first-order valence-electron chi connectivity index (χ1n) is 12.6. The number of hydrogen-bond donors (Lipinski definition) is 2. The van der Waals surface area contributed by atoms with Gasteiger partial charge in [-0.15, -0.1) is 0 Å². The van der Waals surface area contributed by atoms with Crippen LogP contribution in [0.2, 0.25) is 0 Å². The maximum absolute atomic E-state index is 13.7. The number of fused-ring (bicyclic) bond motifs is 1. The minimum Gasteiger partial charge on any atom is -0.444 e. The second-order valence-electron chi connectivity index (χ2n) is 10.7. The van der Waals surface area contributed by atoms with Crippen LogP contribution in [0, 0.1) is 5.82 Å². The van der Waals surface area contributed by atoms with Gasteiger partial charge in [0.15, 0.2) is 0 Å². The van der Waals surface area contributed by atoms with Gasteiger partial charge in [-0.05, 0) is 76.8 Å². The highest BCUT2D eigenvalue weighted by atomic mass is 19.4. The second-order valence-corrected chi connectivity index (χ2v) is 10.7. The molecular weight excluding hydrogens is 518 g/mol. The number of anilines is 1. The summed E-state index contributed by atoms with van der Waals surface area (Å²) in [5.41, 5.74) is -0.972. The Labute approximate surface area is 224 Å². The van der Waals surface area contributed by atoms with E-state index in [1.807, 2.05) is 38.1 Å². The molecule has 0 saturated heterocycles. The fourth-order valence-corrected chi connectivity index (χ4v) is 4.48. The minimum atomic E-state index is -4.90. The molecule has 212 valence electrons. The molecule has 1 heterocycles. The van der Waals surface area contributed by atoms with E-state index in [9.17, 15) is 31.9 Å². The fraction of sp³-hybridized carbons (Fsp3) is 0.464. The smallest absolute Gasteiger partial charge is 0.416 e. The SMILES string of the molecule is CC(C)N1C(=O)[C@H](NC(=O)[C@@H](Cc2ccc(F)cc2C(F)(F)F)NC(=O)OC(C)(C)C)CCc2ccccc21. The average Bonchev–Trinajstić information content (AvgIpc) is 2.94. The van der Waals surface area contributed by atoms with Crippen LogP contribution < -0.4 is 15.5 Å². The van der Waals surface area contributed by atoms with Crippen molar-refractivity contribution in [2.45, 2.75) is 83.8 Å². The molecule has 0 bridgehead atoms. The van der Waals surface area contributed by atoms with E-state index >= 15 is 0 Å². The molecule has 2 N–H and O–H groups in total. The zero-order chi connectivity index (χ0) is 29.1. The van der Waals surface area contributed by atoms with Crippen molar-refractivity contribution in [3.8, 4) is 0 Å². The average molecular weight is 552 g/mol. The van der Waals surface area contributed by atoms with Gasteiger partial charge in [-0.1, -0.05) is 24.3 Å². The number of carbonyl (C=O) groups excluding carboxylic acids is 3. The zero-order valence-corrected chi connectivity index (χ0v) is 22.5. The lowest BCUT2D eigenvalue weighted by Gasteiger charge is -2.30. The van der Waals surface area contributed by atoms with Gasteiger partial charge >= 0.3 is 12.3 Å². The molecule has 3 amide bonds. The van der Waals surface area contributed by atoms with Crippen molar-refractivity contribution in [2.24, 2.45) is 0 Å². The van der Waals surface area contributed by atoms with Crippen LogP contribution in [0.25, 0.3) is 0 Å². The number of benzene rings is 2. The molecule has 3 rings (SSSR count). The molecule has 7 nitrogen and oxygen atoms in total. The van der Waals surface area contributed by atoms with Crippen LogP contribution in [-0.4, -0.2) is 41.6 Å². The molecule has 0 saturated carbocycles. The molecule has 1 aliphatic heterocycles. The number of alkyl halides is 3. The van der Waals surface area contributed by atoms with Crippen LogP contribution in [0.4, 0.5) is 28.0 Å². The van der Waals surface area contributed by atoms with Gasteiger partial charge in [0, 0.05) is 18.2 Å². The third kappa shape index (κ3) is 7.70. The summed E-state index contributed by atoms with van der Waals surface area (Å²) in [4.78, 5) is 41.1. The van der Waals surface area contributed by atoms with Crippen LogP contribution in [-0.2, 0) is 33.3 Å². The highest BCUT2D eigenvalue weighted by molar-refractivity contribution is 6.01. The maximum atomic E-state index is 13.7. The molecule has 11 heteroatoms. The van der Waals surface area contributed by atoms with E-state index in [1.54, 1.807) is 25.7 Å². The largest absolute Gasteiger partial charge is 0.444 e. The lowest BCUT2D eigenvalue weighted by Crippen LogP contribution is -2.56. The van der Waals surface area contributed by atoms with Crippen LogP contribution in [0.3, 0.4) is 0 Å². The monoisotopic (exact) mass is 551 g/mol. The summed E-state index contributed by atoms with van der Waals surface area (Å²) in [6.07, 6.45) is -5.83. The summed E-state index contributed by atoms with van der Waals surface area (Å²) in [6, 6.07) is 6.69. The number of aryl methyl sites for hydroxylation is 1. The minimum absolute atomic E-state index is 0.236. The van der Waals surface area contributed by atoms with E-state index < -0.39 is 59.2 Å². The number of nitrogens with zero attached hydrogens (tertiary/aromatic N) is 1. The molecule has 2 aromatic carbocycles. The Morgan fingerprint density at radius 3 is 2.38 bits per heavy atom. The van der Waals surface area contributed by atoms with Gasteiger partial charge in [0.05, 0.1) is 5.56 Å². The Balaban J connectivity index is 1.91. The van der Waals surface area contributed by atoms with Crippen LogP contribution >= 0.6 is 0 Å². The number of hydrogen-bond acceptors (Lipinski definition) is 4. The van der Waals surface area contributed by atoms with Gasteiger partial charge < -0.3 is 20.3 Å². The molecular formula is C28H33F4N3O4. The Morgan fingerprint density at radius 2 is 1.77 bits per heavy atom. The summed E-state index contributed by atoms with van der Waals surface area (Å²) >= 11 is 0. The number of amides is 3. The van der Waals surface area contributed by atoms with Crippen molar-refractivity contribution in [2.75, 3.05) is 4.90 Å². The zero-order valence-electron chi connectivity index (χ0n) is 22.5. The molecule has 1 aliphatic rings. The van der Waals surface area contributed by atoms with Gasteiger partial charge in [-0.2, -0.15) is 13.2 Å². The Bertz CT molecular complexity index is 1220. The third-order valence-corrected chi connectivity index (χ3v) is 6.13. The Kier molecular flexibility index (Phi) is 8.92. The van der Waals surface area contributed by atoms with Crippen LogP contribution in [0.5, 0.6) is 0 Å². The summed E-state index contributed by atoms with van der Waals surface area (Å²) in [5, 5.41) is 4.96. The van der Waals surface area contributed by atoms with Gasteiger partial charge in [-0.25, -0.2) is 9.18 Å². The van der Waals surface area contributed by atoms with E-state index in [0.29, 0.717) is 12.5 Å². The molecule has 2 aromatic rings. The fourth-order valence-electron chi connectivity index (χ4n) is 4.48. The maximum Gasteiger partial charge on any atom is 0.416 e. The first-order chi connectivity index (χ1) is 18.1. The summed E-state index contributed by atoms with van der Waals surface area (Å²) in [5.74, 6) is -2.34. The molecule has 0 spiro atoms. The highest BCUT2D eigenvalue weighted by Crippen LogP contribution is 2.33. The highest BCUT2D eigenvalue weighted by Gasteiger charge is 2.37. The number of alkyl carbamates (subject to hydrolysis) is 1. The quantitative estimate of drug-likeness (QED) is 0.486. The standard InChI is InChI=1S/C28H33F4N3O4/c1-16(2)35-23-9-7-6-8-17(23)11-13-21(25(35)37)33-24(36)22(34-26(38)39-27(3,4)5)14-18-10-12-19(29)15-20(18)28(30,31)32/h6-10,12,15-16,21-22H,11,13-14H2,1-5H3,(H,33,36)(H,34,38)/t21-,22-/m1/s1. The third-order valence-electron chi connectivity index (χ3n) is 6.13. The van der Waals surface area contributed by atoms with Gasteiger partial charge in [-0.3, -0.25) is 9.59 Å². The summed E-state index contributed by atoms with van der Waals surface area (Å²) in [7, 11) is 0. The number of carbonyl (C=O) groups is 3. The summed E-state index contributed by atoms with van der Waals surface area (Å²) < 4.78 is 59.8. The number of rotatable bonds is 6. The first kappa shape index (κ1) is 29.9. The van der Waals surface area contributed by atoms with Gasteiger partial charge in [0.1, 0.15) is 23.5 Å². The van der Waals surface area contributed by atoms with Crippen LogP contribution in [0.15, 0.2) is 42.5 Å². The first-order valence-corrected chi connectivity index (χ1v) is 12.6. The van der Waals surface area contributed by atoms with Crippen molar-refractivity contribution in [3.05, 3.63) is 65.0 Å². The molecule has 0 radical (unpaired) electrons. The molecule has 39 heavy (non-hydrogen) atoms. The number of para-hydroxylation sites is 1. The number of nitrogens with one attached hydrogen (secondary N) is 2.